The molecule has 0 unspecified atom stereocenters. The lowest BCUT2D eigenvalue weighted by atomic mass is 10.2. The van der Waals surface area contributed by atoms with Gasteiger partial charge in [0.2, 0.25) is 0 Å². The van der Waals surface area contributed by atoms with Gasteiger partial charge in [-0.15, -0.1) is 0 Å². The first-order chi connectivity index (χ1) is 13.2. The van der Waals surface area contributed by atoms with Gasteiger partial charge in [0.1, 0.15) is 0 Å². The second-order valence-corrected chi connectivity index (χ2v) is 7.72. The first-order valence-electron chi connectivity index (χ1n) is 11.3. The molecule has 6 heteroatoms. The molecule has 0 bridgehead atoms. The molecule has 162 valence electrons. The molecule has 0 saturated carbocycles. The number of likely N-dealkylation sites (N-methyl/N-ethyl adjacent to an activating group) is 1. The molecule has 0 radical (unpaired) electrons. The van der Waals surface area contributed by atoms with Crippen LogP contribution in [0, 0.1) is 0 Å². The van der Waals surface area contributed by atoms with Gasteiger partial charge in [0.15, 0.2) is 0 Å². The van der Waals surface area contributed by atoms with Crippen LogP contribution in [0.2, 0.25) is 0 Å². The van der Waals surface area contributed by atoms with Crippen molar-refractivity contribution in [2.75, 3.05) is 98.9 Å². The van der Waals surface area contributed by atoms with Crippen LogP contribution in [0.25, 0.3) is 0 Å². The van der Waals surface area contributed by atoms with Crippen LogP contribution >= 0.6 is 0 Å². The Morgan fingerprint density at radius 3 is 1.67 bits per heavy atom. The zero-order chi connectivity index (χ0) is 19.7. The standard InChI is InChI=1S/C11H24N2O.C10H23N3/c1-3-5-6-12-7-9-13(10-8-12)11-14-4-2;1-3-5-12-7-9-13(10-8-12)6-4-11-2/h3-11H2,1-2H3;11H,3-10H2,1-2H3. The summed E-state index contributed by atoms with van der Waals surface area (Å²) in [7, 11) is 2.02. The molecule has 0 spiro atoms. The highest BCUT2D eigenvalue weighted by molar-refractivity contribution is 4.72. The minimum atomic E-state index is 0.818. The van der Waals surface area contributed by atoms with E-state index in [4.69, 9.17) is 4.74 Å². The Labute approximate surface area is 169 Å². The maximum absolute atomic E-state index is 5.40. The second-order valence-electron chi connectivity index (χ2n) is 7.72. The van der Waals surface area contributed by atoms with Gasteiger partial charge in [-0.05, 0) is 39.9 Å². The average molecular weight is 386 g/mol. The van der Waals surface area contributed by atoms with Gasteiger partial charge < -0.3 is 19.9 Å². The van der Waals surface area contributed by atoms with Gasteiger partial charge in [-0.1, -0.05) is 20.3 Å². The minimum absolute atomic E-state index is 0.818. The summed E-state index contributed by atoms with van der Waals surface area (Å²) in [6.45, 7) is 22.9. The first kappa shape index (κ1) is 24.8. The number of hydrogen-bond acceptors (Lipinski definition) is 6. The fourth-order valence-electron chi connectivity index (χ4n) is 3.57. The number of hydrogen-bond donors (Lipinski definition) is 1. The lowest BCUT2D eigenvalue weighted by molar-refractivity contribution is 0.00719. The first-order valence-corrected chi connectivity index (χ1v) is 11.3. The van der Waals surface area contributed by atoms with Crippen LogP contribution in [-0.2, 0) is 4.74 Å². The predicted molar refractivity (Wildman–Crippen MR) is 117 cm³/mol. The number of unbranched alkanes of at least 4 members (excludes halogenated alkanes) is 1. The molecule has 0 aromatic rings. The summed E-state index contributed by atoms with van der Waals surface area (Å²) in [4.78, 5) is 10.1. The van der Waals surface area contributed by atoms with E-state index in [-0.39, 0.29) is 0 Å². The van der Waals surface area contributed by atoms with Gasteiger partial charge in [-0.3, -0.25) is 9.80 Å². The van der Waals surface area contributed by atoms with E-state index in [0.29, 0.717) is 0 Å². The highest BCUT2D eigenvalue weighted by Gasteiger charge is 2.16. The Kier molecular flexibility index (Phi) is 15.3. The molecule has 1 N–H and O–H groups in total. The number of rotatable bonds is 11. The topological polar surface area (TPSA) is 34.2 Å². The molecule has 0 aromatic heterocycles. The predicted octanol–water partition coefficient (Wildman–Crippen LogP) is 1.63. The Bertz CT molecular complexity index is 300. The third-order valence-corrected chi connectivity index (χ3v) is 5.45. The van der Waals surface area contributed by atoms with Crippen molar-refractivity contribution in [2.24, 2.45) is 0 Å². The van der Waals surface area contributed by atoms with Gasteiger partial charge in [-0.2, -0.15) is 0 Å². The molecule has 2 fully saturated rings. The molecule has 2 rings (SSSR count). The smallest absolute Gasteiger partial charge is 0.0990 e. The van der Waals surface area contributed by atoms with E-state index in [9.17, 15) is 0 Å². The van der Waals surface area contributed by atoms with Crippen molar-refractivity contribution in [2.45, 2.75) is 40.0 Å². The summed E-state index contributed by atoms with van der Waals surface area (Å²) in [6, 6.07) is 0. The van der Waals surface area contributed by atoms with Crippen LogP contribution < -0.4 is 5.32 Å². The Morgan fingerprint density at radius 2 is 1.19 bits per heavy atom. The third kappa shape index (κ3) is 12.0. The summed E-state index contributed by atoms with van der Waals surface area (Å²) in [5.41, 5.74) is 0. The van der Waals surface area contributed by atoms with Gasteiger partial charge in [0.05, 0.1) is 6.73 Å². The molecule has 2 heterocycles. The van der Waals surface area contributed by atoms with E-state index in [2.05, 4.69) is 45.7 Å². The van der Waals surface area contributed by atoms with Crippen molar-refractivity contribution in [3.63, 3.8) is 0 Å². The number of nitrogens with one attached hydrogen (secondary N) is 1. The molecule has 2 aliphatic rings. The van der Waals surface area contributed by atoms with Crippen LogP contribution in [0.3, 0.4) is 0 Å². The monoisotopic (exact) mass is 385 g/mol. The molecule has 2 saturated heterocycles. The molecule has 2 aliphatic heterocycles. The van der Waals surface area contributed by atoms with E-state index in [1.54, 1.807) is 0 Å². The summed E-state index contributed by atoms with van der Waals surface area (Å²) in [6.07, 6.45) is 3.93. The number of ether oxygens (including phenoxy) is 1. The average Bonchev–Trinajstić information content (AvgIpc) is 2.72. The zero-order valence-electron chi connectivity index (χ0n) is 18.7. The molecular weight excluding hydrogens is 338 g/mol. The van der Waals surface area contributed by atoms with Gasteiger partial charge in [0, 0.05) is 72.1 Å². The van der Waals surface area contributed by atoms with Crippen molar-refractivity contribution >= 4 is 0 Å². The number of piperazine rings is 2. The van der Waals surface area contributed by atoms with Crippen LogP contribution in [0.4, 0.5) is 0 Å². The van der Waals surface area contributed by atoms with Crippen LogP contribution in [-0.4, -0.2) is 119 Å². The lowest BCUT2D eigenvalue weighted by Gasteiger charge is -2.34. The maximum Gasteiger partial charge on any atom is 0.0990 e. The second kappa shape index (κ2) is 16.7. The third-order valence-electron chi connectivity index (χ3n) is 5.45. The molecule has 0 aliphatic carbocycles. The summed E-state index contributed by atoms with van der Waals surface area (Å²) in [5, 5.41) is 3.20. The van der Waals surface area contributed by atoms with Crippen molar-refractivity contribution in [1.82, 2.24) is 24.9 Å². The highest BCUT2D eigenvalue weighted by Crippen LogP contribution is 2.03. The normalized spacial score (nSPS) is 20.4. The highest BCUT2D eigenvalue weighted by atomic mass is 16.5. The Balaban J connectivity index is 0.000000271. The summed E-state index contributed by atoms with van der Waals surface area (Å²) in [5.74, 6) is 0. The summed E-state index contributed by atoms with van der Waals surface area (Å²) >= 11 is 0. The van der Waals surface area contributed by atoms with Crippen molar-refractivity contribution in [3.8, 4) is 0 Å². The van der Waals surface area contributed by atoms with Gasteiger partial charge >= 0.3 is 0 Å². The van der Waals surface area contributed by atoms with E-state index < -0.39 is 0 Å². The molecule has 27 heavy (non-hydrogen) atoms. The van der Waals surface area contributed by atoms with Crippen LogP contribution in [0.15, 0.2) is 0 Å². The fraction of sp³-hybridized carbons (Fsp3) is 1.00. The van der Waals surface area contributed by atoms with Crippen molar-refractivity contribution in [3.05, 3.63) is 0 Å². The van der Waals surface area contributed by atoms with E-state index in [1.165, 1.54) is 91.3 Å². The zero-order valence-corrected chi connectivity index (χ0v) is 18.7. The lowest BCUT2D eigenvalue weighted by Crippen LogP contribution is -2.47. The number of nitrogens with zero attached hydrogens (tertiary/aromatic N) is 4. The van der Waals surface area contributed by atoms with Gasteiger partial charge in [0.25, 0.3) is 0 Å². The molecular formula is C21H47N5O. The Hall–Kier alpha value is -0.240. The van der Waals surface area contributed by atoms with Gasteiger partial charge in [-0.25, -0.2) is 0 Å². The van der Waals surface area contributed by atoms with E-state index in [0.717, 1.165) is 19.9 Å². The van der Waals surface area contributed by atoms with E-state index >= 15 is 0 Å². The fourth-order valence-corrected chi connectivity index (χ4v) is 3.57. The summed E-state index contributed by atoms with van der Waals surface area (Å²) < 4.78 is 5.40. The van der Waals surface area contributed by atoms with E-state index in [1.807, 2.05) is 7.05 Å². The van der Waals surface area contributed by atoms with Crippen LogP contribution in [0.5, 0.6) is 0 Å². The quantitative estimate of drug-likeness (QED) is 0.582. The molecule has 0 amide bonds. The Morgan fingerprint density at radius 1 is 0.667 bits per heavy atom. The molecule has 0 aromatic carbocycles. The SMILES string of the molecule is CCCCN1CCN(COCC)CC1.CCCN1CCN(CCNC)CC1. The largest absolute Gasteiger partial charge is 0.366 e. The maximum atomic E-state index is 5.40. The molecule has 6 nitrogen and oxygen atoms in total. The van der Waals surface area contributed by atoms with Crippen molar-refractivity contribution < 1.29 is 4.74 Å². The van der Waals surface area contributed by atoms with Crippen LogP contribution in [0.1, 0.15) is 40.0 Å². The van der Waals surface area contributed by atoms with Crippen molar-refractivity contribution in [1.29, 1.82) is 0 Å². The minimum Gasteiger partial charge on any atom is -0.366 e. The molecule has 0 atom stereocenters.